The Labute approximate surface area is 145 Å². The molecular weight excluding hydrogens is 324 g/mol. The first-order valence-electron chi connectivity index (χ1n) is 8.54. The fourth-order valence-corrected chi connectivity index (χ4v) is 3.20. The van der Waals surface area contributed by atoms with E-state index in [1.54, 1.807) is 12.3 Å². The van der Waals surface area contributed by atoms with Crippen LogP contribution in [0.1, 0.15) is 25.2 Å². The van der Waals surface area contributed by atoms with E-state index in [9.17, 15) is 4.79 Å². The summed E-state index contributed by atoms with van der Waals surface area (Å²) in [6.07, 6.45) is 3.89. The first-order valence-corrected chi connectivity index (χ1v) is 8.54. The minimum Gasteiger partial charge on any atom is -0.419 e. The topological polar surface area (TPSA) is 90.6 Å². The summed E-state index contributed by atoms with van der Waals surface area (Å²) in [6, 6.07) is 5.49. The molecule has 0 N–H and O–H groups in total. The number of aryl methyl sites for hydroxylation is 1. The van der Waals surface area contributed by atoms with Gasteiger partial charge in [-0.15, -0.1) is 10.2 Å². The number of carbonyl (C=O) groups is 1. The van der Waals surface area contributed by atoms with Crippen LogP contribution in [0.5, 0.6) is 0 Å². The molecule has 0 bridgehead atoms. The van der Waals surface area contributed by atoms with Gasteiger partial charge in [-0.3, -0.25) is 9.78 Å². The lowest BCUT2D eigenvalue weighted by Crippen LogP contribution is -2.47. The van der Waals surface area contributed by atoms with Crippen molar-refractivity contribution in [3.05, 3.63) is 30.3 Å². The zero-order valence-electron chi connectivity index (χ0n) is 13.9. The standard InChI is InChI=1S/C17H20N4O4/c22-15(21-9-6-17(7-10-21)23-11-12-24-17)5-4-14-19-20-16(25-14)13-3-1-2-8-18-13/h1-3,8H,4-7,9-12H2. The first-order chi connectivity index (χ1) is 12.2. The highest BCUT2D eigenvalue weighted by atomic mass is 16.7. The van der Waals surface area contributed by atoms with Gasteiger partial charge < -0.3 is 18.8 Å². The maximum atomic E-state index is 12.4. The Kier molecular flexibility index (Phi) is 4.46. The lowest BCUT2D eigenvalue weighted by atomic mass is 10.0. The van der Waals surface area contributed by atoms with Crippen molar-refractivity contribution in [1.29, 1.82) is 0 Å². The van der Waals surface area contributed by atoms with Crippen LogP contribution in [0.15, 0.2) is 28.8 Å². The molecule has 8 heteroatoms. The predicted molar refractivity (Wildman–Crippen MR) is 86.3 cm³/mol. The Morgan fingerprint density at radius 2 is 1.96 bits per heavy atom. The largest absolute Gasteiger partial charge is 0.419 e. The van der Waals surface area contributed by atoms with Crippen molar-refractivity contribution in [1.82, 2.24) is 20.1 Å². The first kappa shape index (κ1) is 16.2. The van der Waals surface area contributed by atoms with Crippen LogP contribution in [0, 0.1) is 0 Å². The molecule has 2 saturated heterocycles. The van der Waals surface area contributed by atoms with Gasteiger partial charge in [0, 0.05) is 45.0 Å². The monoisotopic (exact) mass is 344 g/mol. The van der Waals surface area contributed by atoms with E-state index in [1.165, 1.54) is 0 Å². The second kappa shape index (κ2) is 6.89. The third kappa shape index (κ3) is 3.54. The molecule has 4 rings (SSSR count). The molecule has 1 spiro atoms. The molecule has 1 amide bonds. The number of likely N-dealkylation sites (tertiary alicyclic amines) is 1. The van der Waals surface area contributed by atoms with Crippen LogP contribution in [0.25, 0.3) is 11.6 Å². The number of pyridine rings is 1. The summed E-state index contributed by atoms with van der Waals surface area (Å²) in [6.45, 7) is 2.59. The Balaban J connectivity index is 1.29. The smallest absolute Gasteiger partial charge is 0.266 e. The molecule has 2 aliphatic rings. The van der Waals surface area contributed by atoms with Gasteiger partial charge in [-0.2, -0.15) is 0 Å². The summed E-state index contributed by atoms with van der Waals surface area (Å²) in [5.74, 6) is 0.454. The molecule has 0 radical (unpaired) electrons. The molecule has 0 unspecified atom stereocenters. The Morgan fingerprint density at radius 1 is 1.16 bits per heavy atom. The molecule has 2 aromatic rings. The highest BCUT2D eigenvalue weighted by molar-refractivity contribution is 5.76. The maximum Gasteiger partial charge on any atom is 0.266 e. The maximum absolute atomic E-state index is 12.4. The second-order valence-electron chi connectivity index (χ2n) is 6.20. The molecule has 2 aliphatic heterocycles. The van der Waals surface area contributed by atoms with Crippen molar-refractivity contribution in [2.24, 2.45) is 0 Å². The van der Waals surface area contributed by atoms with E-state index in [2.05, 4.69) is 15.2 Å². The molecule has 0 aromatic carbocycles. The van der Waals surface area contributed by atoms with Gasteiger partial charge in [-0.25, -0.2) is 0 Å². The van der Waals surface area contributed by atoms with Crippen LogP contribution >= 0.6 is 0 Å². The van der Waals surface area contributed by atoms with Gasteiger partial charge in [0.2, 0.25) is 11.8 Å². The Bertz CT molecular complexity index is 717. The van der Waals surface area contributed by atoms with Crippen molar-refractivity contribution in [2.45, 2.75) is 31.5 Å². The van der Waals surface area contributed by atoms with E-state index in [1.807, 2.05) is 17.0 Å². The van der Waals surface area contributed by atoms with Crippen molar-refractivity contribution in [3.63, 3.8) is 0 Å². The second-order valence-corrected chi connectivity index (χ2v) is 6.20. The van der Waals surface area contributed by atoms with E-state index < -0.39 is 5.79 Å². The normalized spacial score (nSPS) is 19.4. The molecule has 132 valence electrons. The number of nitrogens with zero attached hydrogens (tertiary/aromatic N) is 4. The molecule has 0 saturated carbocycles. The Hall–Kier alpha value is -2.32. The summed E-state index contributed by atoms with van der Waals surface area (Å²) in [7, 11) is 0. The lowest BCUT2D eigenvalue weighted by molar-refractivity contribution is -0.187. The molecule has 0 aliphatic carbocycles. The number of ether oxygens (including phenoxy) is 2. The summed E-state index contributed by atoms with van der Waals surface area (Å²) < 4.78 is 17.0. The average Bonchev–Trinajstić information content (AvgIpc) is 3.31. The van der Waals surface area contributed by atoms with Crippen molar-refractivity contribution >= 4 is 5.91 Å². The van der Waals surface area contributed by atoms with Gasteiger partial charge >= 0.3 is 0 Å². The average molecular weight is 344 g/mol. The number of piperidine rings is 1. The van der Waals surface area contributed by atoms with Crippen molar-refractivity contribution in [3.8, 4) is 11.6 Å². The van der Waals surface area contributed by atoms with E-state index in [-0.39, 0.29) is 5.91 Å². The van der Waals surface area contributed by atoms with Crippen LogP contribution < -0.4 is 0 Å². The highest BCUT2D eigenvalue weighted by Gasteiger charge is 2.40. The van der Waals surface area contributed by atoms with Crippen LogP contribution in [0.2, 0.25) is 0 Å². The third-order valence-corrected chi connectivity index (χ3v) is 4.60. The van der Waals surface area contributed by atoms with E-state index in [0.29, 0.717) is 56.6 Å². The van der Waals surface area contributed by atoms with Crippen molar-refractivity contribution < 1.29 is 18.7 Å². The molecule has 0 atom stereocenters. The minimum absolute atomic E-state index is 0.0884. The number of hydrogen-bond donors (Lipinski definition) is 0. The van der Waals surface area contributed by atoms with Gasteiger partial charge in [-0.05, 0) is 12.1 Å². The summed E-state index contributed by atoms with van der Waals surface area (Å²) in [4.78, 5) is 18.4. The SMILES string of the molecule is O=C(CCc1nnc(-c2ccccn2)o1)N1CCC2(CC1)OCCO2. The minimum atomic E-state index is -0.457. The van der Waals surface area contributed by atoms with Gasteiger partial charge in [0.15, 0.2) is 5.79 Å². The number of carbonyl (C=O) groups excluding carboxylic acids is 1. The van der Waals surface area contributed by atoms with Crippen LogP contribution in [-0.2, 0) is 20.7 Å². The molecule has 2 aromatic heterocycles. The number of aromatic nitrogens is 3. The molecule has 8 nitrogen and oxygen atoms in total. The zero-order chi connectivity index (χ0) is 17.1. The van der Waals surface area contributed by atoms with Crippen molar-refractivity contribution in [2.75, 3.05) is 26.3 Å². The highest BCUT2D eigenvalue weighted by Crippen LogP contribution is 2.31. The molecule has 4 heterocycles. The quantitative estimate of drug-likeness (QED) is 0.828. The summed E-state index contributed by atoms with van der Waals surface area (Å²) >= 11 is 0. The molecule has 2 fully saturated rings. The Morgan fingerprint density at radius 3 is 2.68 bits per heavy atom. The van der Waals surface area contributed by atoms with Gasteiger partial charge in [0.1, 0.15) is 5.69 Å². The van der Waals surface area contributed by atoms with Crippen LogP contribution in [-0.4, -0.2) is 58.1 Å². The molecular formula is C17H20N4O4. The number of amides is 1. The van der Waals surface area contributed by atoms with Crippen LogP contribution in [0.3, 0.4) is 0 Å². The van der Waals surface area contributed by atoms with Gasteiger partial charge in [-0.1, -0.05) is 6.07 Å². The molecule has 25 heavy (non-hydrogen) atoms. The van der Waals surface area contributed by atoms with Crippen LogP contribution in [0.4, 0.5) is 0 Å². The van der Waals surface area contributed by atoms with Gasteiger partial charge in [0.25, 0.3) is 5.89 Å². The van der Waals surface area contributed by atoms with Gasteiger partial charge in [0.05, 0.1) is 13.2 Å². The lowest BCUT2D eigenvalue weighted by Gasteiger charge is -2.37. The summed E-state index contributed by atoms with van der Waals surface area (Å²) in [5, 5.41) is 7.99. The van der Waals surface area contributed by atoms with E-state index in [0.717, 1.165) is 12.8 Å². The fraction of sp³-hybridized carbons (Fsp3) is 0.529. The fourth-order valence-electron chi connectivity index (χ4n) is 3.20. The van der Waals surface area contributed by atoms with E-state index >= 15 is 0 Å². The zero-order valence-corrected chi connectivity index (χ0v) is 13.9. The van der Waals surface area contributed by atoms with E-state index in [4.69, 9.17) is 13.9 Å². The number of rotatable bonds is 4. The summed E-state index contributed by atoms with van der Waals surface area (Å²) in [5.41, 5.74) is 0.630. The number of hydrogen-bond acceptors (Lipinski definition) is 7. The third-order valence-electron chi connectivity index (χ3n) is 4.60. The predicted octanol–water partition coefficient (Wildman–Crippen LogP) is 1.43.